The summed E-state index contributed by atoms with van der Waals surface area (Å²) in [4.78, 5) is 19.2. The first-order valence-electron chi connectivity index (χ1n) is 9.49. The van der Waals surface area contributed by atoms with Gasteiger partial charge in [-0.1, -0.05) is 43.5 Å². The molecule has 29 heavy (non-hydrogen) atoms. The van der Waals surface area contributed by atoms with Crippen molar-refractivity contribution in [2.24, 2.45) is 0 Å². The Morgan fingerprint density at radius 1 is 1.45 bits per heavy atom. The van der Waals surface area contributed by atoms with E-state index in [2.05, 4.69) is 23.5 Å². The first-order valence-corrected chi connectivity index (χ1v) is 10.3. The summed E-state index contributed by atoms with van der Waals surface area (Å²) >= 11 is 1.22. The maximum absolute atomic E-state index is 15.0. The topological polar surface area (TPSA) is 69.1 Å². The van der Waals surface area contributed by atoms with Gasteiger partial charge in [0.15, 0.2) is 11.6 Å². The van der Waals surface area contributed by atoms with Crippen LogP contribution >= 0.6 is 11.8 Å². The molecule has 0 aliphatic heterocycles. The number of nitrogens with zero attached hydrogens (tertiary/aromatic N) is 2. The van der Waals surface area contributed by atoms with E-state index in [0.29, 0.717) is 20.7 Å². The van der Waals surface area contributed by atoms with Crippen LogP contribution in [0, 0.1) is 11.2 Å². The summed E-state index contributed by atoms with van der Waals surface area (Å²) in [6.07, 6.45) is 5.06. The lowest BCUT2D eigenvalue weighted by Gasteiger charge is -2.20. The third kappa shape index (κ3) is 6.51. The Morgan fingerprint density at radius 3 is 2.86 bits per heavy atom. The number of amides is 1. The summed E-state index contributed by atoms with van der Waals surface area (Å²) in [6.45, 7) is 13.1. The van der Waals surface area contributed by atoms with Crippen molar-refractivity contribution in [3.63, 3.8) is 0 Å². The molecule has 0 bridgehead atoms. The van der Waals surface area contributed by atoms with Crippen LogP contribution in [0.5, 0.6) is 0 Å². The van der Waals surface area contributed by atoms with Crippen LogP contribution in [0.15, 0.2) is 43.6 Å². The molecule has 0 fully saturated rings. The number of halogens is 1. The largest absolute Gasteiger partial charge is 0.307 e. The highest BCUT2D eigenvalue weighted by Crippen LogP contribution is 2.30. The van der Waals surface area contributed by atoms with Gasteiger partial charge in [-0.15, -0.1) is 6.58 Å². The Kier molecular flexibility index (Phi) is 8.54. The summed E-state index contributed by atoms with van der Waals surface area (Å²) in [5.41, 5.74) is 0.732. The number of anilines is 1. The molecule has 0 unspecified atom stereocenters. The number of hydrogen-bond acceptors (Lipinski definition) is 5. The average molecular weight is 417 g/mol. The minimum Gasteiger partial charge on any atom is -0.307 e. The van der Waals surface area contributed by atoms with Gasteiger partial charge in [-0.3, -0.25) is 15.1 Å². The van der Waals surface area contributed by atoms with E-state index in [4.69, 9.17) is 5.41 Å². The van der Waals surface area contributed by atoms with Gasteiger partial charge in [0, 0.05) is 29.8 Å². The van der Waals surface area contributed by atoms with Crippen molar-refractivity contribution in [2.75, 3.05) is 25.0 Å². The smallest absolute Gasteiger partial charge is 0.239 e. The maximum Gasteiger partial charge on any atom is 0.239 e. The number of pyridine rings is 1. The van der Waals surface area contributed by atoms with E-state index in [9.17, 15) is 4.79 Å². The predicted octanol–water partition coefficient (Wildman–Crippen LogP) is 5.55. The fourth-order valence-electron chi connectivity index (χ4n) is 2.92. The number of rotatable bonds is 10. The van der Waals surface area contributed by atoms with E-state index >= 15 is 4.39 Å². The molecule has 156 valence electrons. The lowest BCUT2D eigenvalue weighted by molar-refractivity contribution is -0.117. The van der Waals surface area contributed by atoms with Crippen LogP contribution in [0.3, 0.4) is 0 Å². The second-order valence-corrected chi connectivity index (χ2v) is 8.02. The minimum atomic E-state index is -0.574. The molecule has 2 aromatic rings. The van der Waals surface area contributed by atoms with Crippen molar-refractivity contribution in [3.8, 4) is 0 Å². The number of benzene rings is 1. The molecule has 5 nitrogen and oxygen atoms in total. The number of thioether (sulfide) groups is 1. The van der Waals surface area contributed by atoms with Crippen molar-refractivity contribution in [3.05, 3.63) is 55.0 Å². The number of aromatic nitrogens is 1. The van der Waals surface area contributed by atoms with E-state index in [0.717, 1.165) is 31.5 Å². The number of fused-ring (bicyclic) bond motifs is 1. The number of carbonyl (C=O) groups is 1. The Balaban J connectivity index is 0.00000450. The third-order valence-electron chi connectivity index (χ3n) is 4.24. The van der Waals surface area contributed by atoms with Crippen molar-refractivity contribution in [1.82, 2.24) is 9.88 Å². The van der Waals surface area contributed by atoms with Gasteiger partial charge in [0.1, 0.15) is 0 Å². The molecule has 1 aromatic heterocycles. The Labute approximate surface area is 177 Å². The second-order valence-electron chi connectivity index (χ2n) is 6.71. The molecule has 2 N–H and O–H groups in total. The summed E-state index contributed by atoms with van der Waals surface area (Å²) in [6, 6.07) is 5.26. The standard InChI is InChI=1S/C22H27FN4OS.H2/c1-5-7-11-27(10-6-2)14-20(28)26-22-21(23)19-12-17(15(3)29-16(4)24)8-9-18(19)13-25-22;/h5,8-9,12-13,24H,1,3,6-7,10-11,14H2,2,4H3,(H,25,26,28);1H. The van der Waals surface area contributed by atoms with Crippen LogP contribution in [0.2, 0.25) is 0 Å². The maximum atomic E-state index is 15.0. The van der Waals surface area contributed by atoms with Crippen LogP contribution in [0.25, 0.3) is 15.7 Å². The molecule has 0 atom stereocenters. The van der Waals surface area contributed by atoms with Gasteiger partial charge >= 0.3 is 0 Å². The summed E-state index contributed by atoms with van der Waals surface area (Å²) in [5.74, 6) is -0.958. The summed E-state index contributed by atoms with van der Waals surface area (Å²) in [5, 5.41) is 11.6. The molecule has 0 saturated carbocycles. The fourth-order valence-corrected chi connectivity index (χ4v) is 3.53. The lowest BCUT2D eigenvalue weighted by Crippen LogP contribution is -2.34. The molecule has 0 aliphatic carbocycles. The number of nitrogens with one attached hydrogen (secondary N) is 2. The van der Waals surface area contributed by atoms with Gasteiger partial charge in [-0.25, -0.2) is 9.37 Å². The monoisotopic (exact) mass is 416 g/mol. The lowest BCUT2D eigenvalue weighted by atomic mass is 10.1. The molecule has 7 heteroatoms. The second kappa shape index (κ2) is 10.9. The van der Waals surface area contributed by atoms with Crippen LogP contribution in [0.4, 0.5) is 10.2 Å². The highest BCUT2D eigenvalue weighted by Gasteiger charge is 2.15. The van der Waals surface area contributed by atoms with E-state index in [1.165, 1.54) is 18.0 Å². The molecular weight excluding hydrogens is 387 g/mol. The van der Waals surface area contributed by atoms with Crippen LogP contribution in [0.1, 0.15) is 33.7 Å². The molecule has 0 spiro atoms. The van der Waals surface area contributed by atoms with Crippen molar-refractivity contribution in [2.45, 2.75) is 26.7 Å². The molecule has 0 saturated heterocycles. The number of hydrogen-bond donors (Lipinski definition) is 2. The molecular formula is C22H29FN4OS. The predicted molar refractivity (Wildman–Crippen MR) is 124 cm³/mol. The van der Waals surface area contributed by atoms with Crippen LogP contribution in [-0.4, -0.2) is 40.5 Å². The highest BCUT2D eigenvalue weighted by atomic mass is 32.2. The third-order valence-corrected chi connectivity index (χ3v) is 5.03. The minimum absolute atomic E-state index is 0. The van der Waals surface area contributed by atoms with Gasteiger partial charge in [0.05, 0.1) is 11.6 Å². The zero-order valence-corrected chi connectivity index (χ0v) is 17.7. The molecule has 1 amide bonds. The van der Waals surface area contributed by atoms with E-state index in [-0.39, 0.29) is 19.7 Å². The zero-order chi connectivity index (χ0) is 21.4. The first-order chi connectivity index (χ1) is 13.8. The van der Waals surface area contributed by atoms with Gasteiger partial charge in [-0.2, -0.15) is 0 Å². The van der Waals surface area contributed by atoms with Crippen LogP contribution in [-0.2, 0) is 4.79 Å². The van der Waals surface area contributed by atoms with Gasteiger partial charge in [-0.05, 0) is 37.9 Å². The van der Waals surface area contributed by atoms with Gasteiger partial charge < -0.3 is 5.32 Å². The quantitative estimate of drug-likeness (QED) is 0.303. The van der Waals surface area contributed by atoms with Crippen molar-refractivity contribution in [1.29, 1.82) is 5.41 Å². The molecule has 0 aliphatic rings. The molecule has 1 heterocycles. The van der Waals surface area contributed by atoms with E-state index < -0.39 is 5.82 Å². The van der Waals surface area contributed by atoms with Crippen LogP contribution < -0.4 is 5.32 Å². The number of carbonyl (C=O) groups excluding carboxylic acids is 1. The Morgan fingerprint density at radius 2 is 2.21 bits per heavy atom. The highest BCUT2D eigenvalue weighted by molar-refractivity contribution is 8.21. The molecule has 1 aromatic carbocycles. The average Bonchev–Trinajstić information content (AvgIpc) is 2.67. The van der Waals surface area contributed by atoms with E-state index in [1.54, 1.807) is 19.1 Å². The Hall–Kier alpha value is -2.51. The van der Waals surface area contributed by atoms with Crippen molar-refractivity contribution >= 4 is 44.2 Å². The van der Waals surface area contributed by atoms with E-state index in [1.807, 2.05) is 24.0 Å². The van der Waals surface area contributed by atoms with Gasteiger partial charge in [0.25, 0.3) is 0 Å². The van der Waals surface area contributed by atoms with Crippen molar-refractivity contribution < 1.29 is 10.6 Å². The zero-order valence-electron chi connectivity index (χ0n) is 16.9. The SMILES string of the molecule is C=CCCN(CCC)CC(=O)Nc1ncc2ccc(C(=C)SC(C)=N)cc2c1F.[HH]. The first kappa shape index (κ1) is 22.8. The summed E-state index contributed by atoms with van der Waals surface area (Å²) in [7, 11) is 0. The summed E-state index contributed by atoms with van der Waals surface area (Å²) < 4.78 is 15.0. The molecule has 0 radical (unpaired) electrons. The molecule has 2 rings (SSSR count). The fraction of sp³-hybridized carbons (Fsp3) is 0.318. The van der Waals surface area contributed by atoms with Gasteiger partial charge in [0.2, 0.25) is 5.91 Å². The Bertz CT molecular complexity index is 935. The normalized spacial score (nSPS) is 10.9.